The first-order chi connectivity index (χ1) is 15.3. The Morgan fingerprint density at radius 3 is 2.78 bits per heavy atom. The summed E-state index contributed by atoms with van der Waals surface area (Å²) in [5.74, 6) is 0.363. The Labute approximate surface area is 183 Å². The van der Waals surface area contributed by atoms with E-state index < -0.39 is 11.0 Å². The minimum Gasteiger partial charge on any atom is -0.423 e. The molecular formula is C23H21N5O4. The van der Waals surface area contributed by atoms with E-state index in [1.165, 1.54) is 12.1 Å². The maximum atomic E-state index is 13.1. The molecule has 162 valence electrons. The van der Waals surface area contributed by atoms with Gasteiger partial charge in [0, 0.05) is 29.8 Å². The number of aromatic nitrogens is 1. The number of fused-ring (bicyclic) bond motifs is 1. The van der Waals surface area contributed by atoms with Gasteiger partial charge in [0.25, 0.3) is 5.69 Å². The standard InChI is InChI=1S/C23H21N5O4/c1-23(2)11-16-19(17(29)12-23)20(13-6-5-7-14(10-13)28(30)31)26-21(24-16)27-22-25-15-8-3-4-9-18(15)32-22/h3-10,20H,11-12H2,1-2H3,(H2,24,25,26,27). The fraction of sp³-hybridized carbons (Fsp3) is 0.261. The van der Waals surface area contributed by atoms with E-state index in [1.807, 2.05) is 38.1 Å². The largest absolute Gasteiger partial charge is 0.423 e. The number of allylic oxidation sites excluding steroid dienone is 1. The number of benzene rings is 2. The summed E-state index contributed by atoms with van der Waals surface area (Å²) < 4.78 is 5.75. The van der Waals surface area contributed by atoms with Crippen LogP contribution in [0.4, 0.5) is 11.7 Å². The highest BCUT2D eigenvalue weighted by molar-refractivity contribution is 6.03. The molecule has 9 nitrogen and oxygen atoms in total. The summed E-state index contributed by atoms with van der Waals surface area (Å²) in [4.78, 5) is 33.0. The molecule has 0 fully saturated rings. The molecule has 1 atom stereocenters. The van der Waals surface area contributed by atoms with Crippen molar-refractivity contribution in [2.75, 3.05) is 5.32 Å². The molecule has 0 radical (unpaired) electrons. The van der Waals surface area contributed by atoms with Crippen LogP contribution in [0.25, 0.3) is 11.1 Å². The Morgan fingerprint density at radius 1 is 1.19 bits per heavy atom. The highest BCUT2D eigenvalue weighted by atomic mass is 16.6. The molecule has 2 aliphatic rings. The highest BCUT2D eigenvalue weighted by Gasteiger charge is 2.39. The number of carbonyl (C=O) groups excluding carboxylic acids is 1. The van der Waals surface area contributed by atoms with Gasteiger partial charge in [0.15, 0.2) is 11.4 Å². The van der Waals surface area contributed by atoms with Gasteiger partial charge in [-0.2, -0.15) is 4.98 Å². The molecule has 1 aromatic heterocycles. The second-order valence-electron chi connectivity index (χ2n) is 8.80. The fourth-order valence-corrected chi connectivity index (χ4v) is 4.27. The van der Waals surface area contributed by atoms with Gasteiger partial charge in [0.1, 0.15) is 11.6 Å². The van der Waals surface area contributed by atoms with Gasteiger partial charge in [-0.25, -0.2) is 4.99 Å². The van der Waals surface area contributed by atoms with Crippen LogP contribution in [0, 0.1) is 15.5 Å². The van der Waals surface area contributed by atoms with Crippen LogP contribution in [0.15, 0.2) is 69.2 Å². The second-order valence-corrected chi connectivity index (χ2v) is 8.80. The van der Waals surface area contributed by atoms with E-state index in [9.17, 15) is 14.9 Å². The first kappa shape index (κ1) is 19.9. The molecule has 0 saturated carbocycles. The Hall–Kier alpha value is -4.01. The monoisotopic (exact) mass is 431 g/mol. The molecule has 0 amide bonds. The third-order valence-corrected chi connectivity index (χ3v) is 5.64. The smallest absolute Gasteiger partial charge is 0.302 e. The number of para-hydroxylation sites is 2. The van der Waals surface area contributed by atoms with Gasteiger partial charge in [-0.15, -0.1) is 0 Å². The lowest BCUT2D eigenvalue weighted by Gasteiger charge is -2.37. The van der Waals surface area contributed by atoms with E-state index in [2.05, 4.69) is 15.6 Å². The zero-order chi connectivity index (χ0) is 22.5. The number of non-ortho nitro benzene ring substituents is 1. The highest BCUT2D eigenvalue weighted by Crippen LogP contribution is 2.43. The van der Waals surface area contributed by atoms with Crippen LogP contribution in [0.2, 0.25) is 0 Å². The van der Waals surface area contributed by atoms with Crippen LogP contribution in [0.3, 0.4) is 0 Å². The maximum Gasteiger partial charge on any atom is 0.302 e. The summed E-state index contributed by atoms with van der Waals surface area (Å²) in [6, 6.07) is 13.2. The van der Waals surface area contributed by atoms with Crippen molar-refractivity contribution in [1.29, 1.82) is 0 Å². The van der Waals surface area contributed by atoms with E-state index >= 15 is 0 Å². The lowest BCUT2D eigenvalue weighted by molar-refractivity contribution is -0.384. The normalized spacial score (nSPS) is 19.9. The predicted molar refractivity (Wildman–Crippen MR) is 119 cm³/mol. The number of oxazole rings is 1. The molecular weight excluding hydrogens is 410 g/mol. The Bertz CT molecular complexity index is 1290. The van der Waals surface area contributed by atoms with Crippen molar-refractivity contribution in [2.45, 2.75) is 32.7 Å². The summed E-state index contributed by atoms with van der Waals surface area (Å²) >= 11 is 0. The molecule has 32 heavy (non-hydrogen) atoms. The summed E-state index contributed by atoms with van der Waals surface area (Å²) in [5.41, 5.74) is 2.97. The molecule has 9 heteroatoms. The number of carbonyl (C=O) groups is 1. The summed E-state index contributed by atoms with van der Waals surface area (Å²) in [6.45, 7) is 4.08. The van der Waals surface area contributed by atoms with Gasteiger partial charge in [0.2, 0.25) is 5.96 Å². The van der Waals surface area contributed by atoms with Gasteiger partial charge >= 0.3 is 6.01 Å². The van der Waals surface area contributed by atoms with Crippen molar-refractivity contribution in [3.63, 3.8) is 0 Å². The number of ketones is 1. The lowest BCUT2D eigenvalue weighted by Crippen LogP contribution is -2.41. The second kappa shape index (κ2) is 7.30. The molecule has 1 aliphatic heterocycles. The summed E-state index contributed by atoms with van der Waals surface area (Å²) in [5, 5.41) is 17.6. The van der Waals surface area contributed by atoms with Gasteiger partial charge in [-0.3, -0.25) is 20.2 Å². The number of hydrogen-bond acceptors (Lipinski definition) is 8. The number of aliphatic imine (C=N–C) groups is 1. The number of rotatable bonds is 3. The van der Waals surface area contributed by atoms with Crippen LogP contribution in [-0.4, -0.2) is 21.7 Å². The minimum absolute atomic E-state index is 0.00933. The first-order valence-electron chi connectivity index (χ1n) is 10.3. The molecule has 1 aliphatic carbocycles. The number of nitro groups is 1. The number of nitrogens with zero attached hydrogens (tertiary/aromatic N) is 3. The van der Waals surface area contributed by atoms with Gasteiger partial charge in [0.05, 0.1) is 4.92 Å². The SMILES string of the molecule is CC1(C)CC(=O)C2=C(C1)NC(Nc1nc3ccccc3o1)=NC2c1cccc([N+](=O)[O-])c1. The fourth-order valence-electron chi connectivity index (χ4n) is 4.27. The topological polar surface area (TPSA) is 123 Å². The zero-order valence-corrected chi connectivity index (χ0v) is 17.6. The molecule has 0 bridgehead atoms. The van der Waals surface area contributed by atoms with Gasteiger partial charge < -0.3 is 9.73 Å². The van der Waals surface area contributed by atoms with E-state index in [0.717, 1.165) is 5.70 Å². The maximum absolute atomic E-state index is 13.1. The Balaban J connectivity index is 1.56. The number of nitrogens with one attached hydrogen (secondary N) is 2. The average molecular weight is 431 g/mol. The van der Waals surface area contributed by atoms with Crippen LogP contribution in [-0.2, 0) is 4.79 Å². The molecule has 0 spiro atoms. The zero-order valence-electron chi connectivity index (χ0n) is 17.6. The van der Waals surface area contributed by atoms with Crippen LogP contribution < -0.4 is 10.6 Å². The molecule has 0 saturated heterocycles. The first-order valence-corrected chi connectivity index (χ1v) is 10.3. The van der Waals surface area contributed by atoms with Gasteiger partial charge in [-0.1, -0.05) is 38.1 Å². The predicted octanol–water partition coefficient (Wildman–Crippen LogP) is 4.49. The van der Waals surface area contributed by atoms with Gasteiger partial charge in [-0.05, 0) is 29.5 Å². The van der Waals surface area contributed by atoms with Crippen LogP contribution in [0.5, 0.6) is 0 Å². The van der Waals surface area contributed by atoms with Crippen LogP contribution >= 0.6 is 0 Å². The third-order valence-electron chi connectivity index (χ3n) is 5.64. The van der Waals surface area contributed by atoms with Crippen molar-refractivity contribution in [2.24, 2.45) is 10.4 Å². The minimum atomic E-state index is -0.665. The number of nitro benzene ring substituents is 1. The molecule has 2 aromatic carbocycles. The quantitative estimate of drug-likeness (QED) is 0.463. The third kappa shape index (κ3) is 3.62. The average Bonchev–Trinajstić information content (AvgIpc) is 3.14. The molecule has 2 N–H and O–H groups in total. The molecule has 3 aromatic rings. The Kier molecular flexibility index (Phi) is 4.54. The van der Waals surface area contributed by atoms with Crippen molar-refractivity contribution in [3.8, 4) is 0 Å². The summed E-state index contributed by atoms with van der Waals surface area (Å²) in [6.07, 6.45) is 1.04. The number of hydrogen-bond donors (Lipinski definition) is 2. The van der Waals surface area contributed by atoms with Crippen molar-refractivity contribution < 1.29 is 14.1 Å². The van der Waals surface area contributed by atoms with Crippen molar-refractivity contribution in [3.05, 3.63) is 75.5 Å². The molecule has 5 rings (SSSR count). The number of anilines is 1. The van der Waals surface area contributed by atoms with Crippen molar-refractivity contribution in [1.82, 2.24) is 10.3 Å². The number of Topliss-reactive ketones (excluding diaryl/α,β-unsaturated/α-hetero) is 1. The molecule has 2 heterocycles. The van der Waals surface area contributed by atoms with Crippen LogP contribution in [0.1, 0.15) is 38.3 Å². The van der Waals surface area contributed by atoms with E-state index in [-0.39, 0.29) is 22.9 Å². The van der Waals surface area contributed by atoms with E-state index in [0.29, 0.717) is 41.0 Å². The van der Waals surface area contributed by atoms with E-state index in [4.69, 9.17) is 9.41 Å². The van der Waals surface area contributed by atoms with E-state index in [1.54, 1.807) is 12.1 Å². The summed E-state index contributed by atoms with van der Waals surface area (Å²) in [7, 11) is 0. The van der Waals surface area contributed by atoms with Crippen molar-refractivity contribution >= 4 is 34.5 Å². The molecule has 1 unspecified atom stereocenters. The number of guanidine groups is 1. The lowest BCUT2D eigenvalue weighted by atomic mass is 9.73. The Morgan fingerprint density at radius 2 is 2.00 bits per heavy atom.